The lowest BCUT2D eigenvalue weighted by Gasteiger charge is -2.24. The molecule has 0 fully saturated rings. The third-order valence-electron chi connectivity index (χ3n) is 3.01. The molecule has 6 nitrogen and oxygen atoms in total. The lowest BCUT2D eigenvalue weighted by atomic mass is 10.1. The van der Waals surface area contributed by atoms with Gasteiger partial charge < -0.3 is 24.8 Å². The normalized spacial score (nSPS) is 12.0. The van der Waals surface area contributed by atoms with Crippen molar-refractivity contribution in [2.45, 2.75) is 39.2 Å². The minimum Gasteiger partial charge on any atom is -0.379 e. The van der Waals surface area contributed by atoms with Crippen LogP contribution < -0.4 is 10.6 Å². The van der Waals surface area contributed by atoms with Crippen LogP contribution in [-0.4, -0.2) is 65.2 Å². The van der Waals surface area contributed by atoms with Crippen molar-refractivity contribution in [2.75, 3.05) is 53.7 Å². The van der Waals surface area contributed by atoms with E-state index in [-0.39, 0.29) is 29.6 Å². The van der Waals surface area contributed by atoms with Crippen LogP contribution in [0.1, 0.15) is 33.6 Å². The van der Waals surface area contributed by atoms with Crippen LogP contribution in [0.3, 0.4) is 0 Å². The molecule has 0 radical (unpaired) electrons. The van der Waals surface area contributed by atoms with Crippen LogP contribution in [0.25, 0.3) is 0 Å². The molecule has 0 aromatic rings. The fraction of sp³-hybridized carbons (Fsp3) is 0.933. The number of hydrogen-bond acceptors (Lipinski definition) is 4. The topological polar surface area (TPSA) is 64.1 Å². The van der Waals surface area contributed by atoms with E-state index in [0.717, 1.165) is 25.4 Å². The molecule has 0 bridgehead atoms. The summed E-state index contributed by atoms with van der Waals surface area (Å²) in [6.45, 7) is 10.3. The highest BCUT2D eigenvalue weighted by Crippen LogP contribution is 2.04. The Morgan fingerprint density at radius 3 is 2.23 bits per heavy atom. The van der Waals surface area contributed by atoms with Crippen molar-refractivity contribution < 1.29 is 14.2 Å². The Kier molecular flexibility index (Phi) is 17.3. The van der Waals surface area contributed by atoms with Gasteiger partial charge in [-0.1, -0.05) is 13.3 Å². The molecular formula is C15H34IN3O3. The molecule has 0 aliphatic rings. The van der Waals surface area contributed by atoms with E-state index < -0.39 is 0 Å². The Bertz CT molecular complexity index is 277. The van der Waals surface area contributed by atoms with Gasteiger partial charge in [-0.2, -0.15) is 0 Å². The Morgan fingerprint density at radius 1 is 1.05 bits per heavy atom. The molecular weight excluding hydrogens is 397 g/mol. The van der Waals surface area contributed by atoms with Crippen molar-refractivity contribution in [3.05, 3.63) is 0 Å². The standard InChI is InChI=1S/C15H33N3O3.HI/c1-6-7-9-20-11-12-21-10-8-17-14(16-4)18-13-15(2,3)19-5;/h6-13H2,1-5H3,(H2,16,17,18);1H. The van der Waals surface area contributed by atoms with Crippen LogP contribution in [0, 0.1) is 0 Å². The maximum atomic E-state index is 5.48. The second-order valence-electron chi connectivity index (χ2n) is 5.39. The fourth-order valence-corrected chi connectivity index (χ4v) is 1.40. The summed E-state index contributed by atoms with van der Waals surface area (Å²) in [5.74, 6) is 0.753. The number of methoxy groups -OCH3 is 1. The number of rotatable bonds is 12. The van der Waals surface area contributed by atoms with Crippen molar-refractivity contribution in [3.8, 4) is 0 Å². The molecule has 0 amide bonds. The number of ether oxygens (including phenoxy) is 3. The van der Waals surface area contributed by atoms with E-state index in [4.69, 9.17) is 14.2 Å². The van der Waals surface area contributed by atoms with Gasteiger partial charge in [0.1, 0.15) is 0 Å². The summed E-state index contributed by atoms with van der Waals surface area (Å²) in [4.78, 5) is 4.15. The first-order chi connectivity index (χ1) is 10.1. The van der Waals surface area contributed by atoms with Crippen molar-refractivity contribution in [1.29, 1.82) is 0 Å². The molecule has 0 rings (SSSR count). The first-order valence-electron chi connectivity index (χ1n) is 7.71. The van der Waals surface area contributed by atoms with E-state index in [1.54, 1.807) is 14.2 Å². The molecule has 0 saturated carbocycles. The highest BCUT2D eigenvalue weighted by molar-refractivity contribution is 14.0. The summed E-state index contributed by atoms with van der Waals surface area (Å²) < 4.78 is 16.2. The summed E-state index contributed by atoms with van der Waals surface area (Å²) in [7, 11) is 3.45. The molecule has 0 unspecified atom stereocenters. The zero-order chi connectivity index (χ0) is 16.0. The zero-order valence-electron chi connectivity index (χ0n) is 14.7. The third-order valence-corrected chi connectivity index (χ3v) is 3.01. The van der Waals surface area contributed by atoms with Crippen LogP contribution in [0.5, 0.6) is 0 Å². The van der Waals surface area contributed by atoms with Crippen molar-refractivity contribution in [1.82, 2.24) is 10.6 Å². The van der Waals surface area contributed by atoms with Crippen LogP contribution in [0.4, 0.5) is 0 Å². The minimum absolute atomic E-state index is 0. The van der Waals surface area contributed by atoms with Gasteiger partial charge in [-0.15, -0.1) is 24.0 Å². The number of nitrogens with zero attached hydrogens (tertiary/aromatic N) is 1. The van der Waals surface area contributed by atoms with Crippen LogP contribution in [-0.2, 0) is 14.2 Å². The molecule has 0 aromatic carbocycles. The molecule has 0 saturated heterocycles. The predicted molar refractivity (Wildman–Crippen MR) is 102 cm³/mol. The van der Waals surface area contributed by atoms with Crippen molar-refractivity contribution >= 4 is 29.9 Å². The Hall–Kier alpha value is -0.120. The quantitative estimate of drug-likeness (QED) is 0.214. The molecule has 7 heteroatoms. The number of unbranched alkanes of at least 4 members (excludes halogenated alkanes) is 1. The number of halogens is 1. The van der Waals surface area contributed by atoms with Crippen LogP contribution >= 0.6 is 24.0 Å². The van der Waals surface area contributed by atoms with Gasteiger partial charge in [0.05, 0.1) is 25.4 Å². The summed E-state index contributed by atoms with van der Waals surface area (Å²) in [6, 6.07) is 0. The summed E-state index contributed by atoms with van der Waals surface area (Å²) >= 11 is 0. The average molecular weight is 431 g/mol. The molecule has 2 N–H and O–H groups in total. The number of guanidine groups is 1. The summed E-state index contributed by atoms with van der Waals surface area (Å²) in [6.07, 6.45) is 2.28. The van der Waals surface area contributed by atoms with E-state index in [1.807, 2.05) is 13.8 Å². The van der Waals surface area contributed by atoms with E-state index in [9.17, 15) is 0 Å². The molecule has 0 atom stereocenters. The lowest BCUT2D eigenvalue weighted by Crippen LogP contribution is -2.46. The van der Waals surface area contributed by atoms with Gasteiger partial charge >= 0.3 is 0 Å². The van der Waals surface area contributed by atoms with E-state index in [2.05, 4.69) is 22.5 Å². The summed E-state index contributed by atoms with van der Waals surface area (Å²) in [5.41, 5.74) is -0.218. The fourth-order valence-electron chi connectivity index (χ4n) is 1.40. The SMILES string of the molecule is CCCCOCCOCCNC(=NC)NCC(C)(C)OC.I. The van der Waals surface area contributed by atoms with Gasteiger partial charge in [0.2, 0.25) is 0 Å². The van der Waals surface area contributed by atoms with Crippen LogP contribution in [0.15, 0.2) is 4.99 Å². The lowest BCUT2D eigenvalue weighted by molar-refractivity contribution is 0.0267. The van der Waals surface area contributed by atoms with Gasteiger partial charge in [0.25, 0.3) is 0 Å². The third kappa shape index (κ3) is 14.8. The molecule has 0 aliphatic carbocycles. The zero-order valence-corrected chi connectivity index (χ0v) is 17.1. The van der Waals surface area contributed by atoms with Crippen molar-refractivity contribution in [3.63, 3.8) is 0 Å². The minimum atomic E-state index is -0.218. The number of aliphatic imine (C=N–C) groups is 1. The van der Waals surface area contributed by atoms with Gasteiger partial charge in [0, 0.05) is 33.9 Å². The average Bonchev–Trinajstić information content (AvgIpc) is 2.48. The van der Waals surface area contributed by atoms with Gasteiger partial charge in [-0.25, -0.2) is 0 Å². The molecule has 134 valence electrons. The summed E-state index contributed by atoms with van der Waals surface area (Å²) in [5, 5.41) is 6.41. The second kappa shape index (κ2) is 15.8. The number of nitrogens with one attached hydrogen (secondary N) is 2. The molecule has 0 heterocycles. The second-order valence-corrected chi connectivity index (χ2v) is 5.39. The molecule has 0 aliphatic heterocycles. The predicted octanol–water partition coefficient (Wildman–Crippen LogP) is 2.03. The Balaban J connectivity index is 0. The molecule has 22 heavy (non-hydrogen) atoms. The Labute approximate surface area is 152 Å². The highest BCUT2D eigenvalue weighted by atomic mass is 127. The Morgan fingerprint density at radius 2 is 1.68 bits per heavy atom. The van der Waals surface area contributed by atoms with Crippen LogP contribution in [0.2, 0.25) is 0 Å². The molecule has 0 spiro atoms. The molecule has 0 aromatic heterocycles. The van der Waals surface area contributed by atoms with Gasteiger partial charge in [-0.05, 0) is 20.3 Å². The van der Waals surface area contributed by atoms with Gasteiger partial charge in [-0.3, -0.25) is 4.99 Å². The van der Waals surface area contributed by atoms with Gasteiger partial charge in [0.15, 0.2) is 5.96 Å². The first kappa shape index (κ1) is 24.1. The van der Waals surface area contributed by atoms with Crippen molar-refractivity contribution in [2.24, 2.45) is 4.99 Å². The maximum Gasteiger partial charge on any atom is 0.191 e. The highest BCUT2D eigenvalue weighted by Gasteiger charge is 2.16. The smallest absolute Gasteiger partial charge is 0.191 e. The van der Waals surface area contributed by atoms with E-state index in [0.29, 0.717) is 32.9 Å². The maximum absolute atomic E-state index is 5.48. The van der Waals surface area contributed by atoms with E-state index in [1.165, 1.54) is 0 Å². The first-order valence-corrected chi connectivity index (χ1v) is 7.71. The van der Waals surface area contributed by atoms with E-state index >= 15 is 0 Å². The monoisotopic (exact) mass is 431 g/mol. The largest absolute Gasteiger partial charge is 0.379 e. The number of hydrogen-bond donors (Lipinski definition) is 2.